The van der Waals surface area contributed by atoms with E-state index in [0.29, 0.717) is 6.42 Å². The molecule has 3 nitrogen and oxygen atoms in total. The van der Waals surface area contributed by atoms with E-state index in [1.807, 2.05) is 6.07 Å². The summed E-state index contributed by atoms with van der Waals surface area (Å²) in [7, 11) is 0. The maximum Gasteiger partial charge on any atom is 0.320 e. The zero-order valence-corrected chi connectivity index (χ0v) is 9.49. The molecule has 1 aromatic carbocycles. The maximum absolute atomic E-state index is 10.7. The van der Waals surface area contributed by atoms with Crippen LogP contribution in [-0.4, -0.2) is 17.1 Å². The number of carboxylic acid groups (broad SMARTS) is 1. The summed E-state index contributed by atoms with van der Waals surface area (Å²) in [5, 5.41) is 8.82. The topological polar surface area (TPSA) is 63.3 Å². The van der Waals surface area contributed by atoms with Gasteiger partial charge in [-0.25, -0.2) is 0 Å². The zero-order valence-electron chi connectivity index (χ0n) is 9.49. The predicted octanol–water partition coefficient (Wildman–Crippen LogP) is 1.44. The maximum atomic E-state index is 10.7. The van der Waals surface area contributed by atoms with Crippen LogP contribution in [-0.2, 0) is 24.1 Å². The molecule has 0 fully saturated rings. The molecule has 0 bridgehead atoms. The number of hydrogen-bond donors (Lipinski definition) is 2. The Morgan fingerprint density at radius 3 is 2.81 bits per heavy atom. The molecule has 0 radical (unpaired) electrons. The first-order valence-electron chi connectivity index (χ1n) is 5.68. The summed E-state index contributed by atoms with van der Waals surface area (Å²) in [6, 6.07) is 3.32. The number of benzene rings is 1. The van der Waals surface area contributed by atoms with Crippen LogP contribution in [0.4, 0.5) is 0 Å². The van der Waals surface area contributed by atoms with E-state index in [1.165, 1.54) is 23.1 Å². The molecule has 0 saturated carbocycles. The Balaban J connectivity index is 2.29. The van der Waals surface area contributed by atoms with Crippen LogP contribution in [0.15, 0.2) is 12.1 Å². The first kappa shape index (κ1) is 11.1. The Hall–Kier alpha value is -1.35. The summed E-state index contributed by atoms with van der Waals surface area (Å²) in [4.78, 5) is 10.7. The number of nitrogens with two attached hydrogens (primary N) is 1. The fourth-order valence-corrected chi connectivity index (χ4v) is 2.48. The average Bonchev–Trinajstić information content (AvgIpc) is 2.71. The molecule has 2 rings (SSSR count). The van der Waals surface area contributed by atoms with Crippen molar-refractivity contribution >= 4 is 5.97 Å². The van der Waals surface area contributed by atoms with Gasteiger partial charge in [0, 0.05) is 0 Å². The van der Waals surface area contributed by atoms with Gasteiger partial charge in [0.15, 0.2) is 0 Å². The van der Waals surface area contributed by atoms with Crippen molar-refractivity contribution in [2.45, 2.75) is 38.6 Å². The Morgan fingerprint density at radius 2 is 2.12 bits per heavy atom. The quantitative estimate of drug-likeness (QED) is 0.808. The van der Waals surface area contributed by atoms with Crippen molar-refractivity contribution in [2.75, 3.05) is 0 Å². The van der Waals surface area contributed by atoms with Crippen molar-refractivity contribution < 1.29 is 9.90 Å². The largest absolute Gasteiger partial charge is 0.480 e. The number of hydrogen-bond acceptors (Lipinski definition) is 2. The molecule has 3 N–H and O–H groups in total. The van der Waals surface area contributed by atoms with E-state index in [-0.39, 0.29) is 0 Å². The number of rotatable bonds is 3. The standard InChI is InChI=1S/C13H17NO2/c1-8-5-6-9(7-12(14)13(15)16)11-4-2-3-10(8)11/h5-6,12H,2-4,7,14H2,1H3,(H,15,16). The summed E-state index contributed by atoms with van der Waals surface area (Å²) in [6.07, 6.45) is 3.81. The van der Waals surface area contributed by atoms with Gasteiger partial charge in [0.2, 0.25) is 0 Å². The summed E-state index contributed by atoms with van der Waals surface area (Å²) >= 11 is 0. The smallest absolute Gasteiger partial charge is 0.320 e. The summed E-state index contributed by atoms with van der Waals surface area (Å²) in [6.45, 7) is 2.12. The molecular weight excluding hydrogens is 202 g/mol. The molecule has 16 heavy (non-hydrogen) atoms. The van der Waals surface area contributed by atoms with Crippen LogP contribution in [0.3, 0.4) is 0 Å². The van der Waals surface area contributed by atoms with E-state index in [9.17, 15) is 4.79 Å². The molecule has 1 aromatic rings. The van der Waals surface area contributed by atoms with Gasteiger partial charge >= 0.3 is 5.97 Å². The van der Waals surface area contributed by atoms with Gasteiger partial charge in [-0.1, -0.05) is 12.1 Å². The minimum absolute atomic E-state index is 0.442. The lowest BCUT2D eigenvalue weighted by atomic mass is 9.95. The fourth-order valence-electron chi connectivity index (χ4n) is 2.48. The van der Waals surface area contributed by atoms with Crippen molar-refractivity contribution in [3.05, 3.63) is 34.4 Å². The molecule has 0 aromatic heterocycles. The number of carbonyl (C=O) groups is 1. The number of aryl methyl sites for hydroxylation is 1. The fraction of sp³-hybridized carbons (Fsp3) is 0.462. The highest BCUT2D eigenvalue weighted by atomic mass is 16.4. The normalized spacial score (nSPS) is 15.9. The number of carboxylic acids is 1. The first-order valence-corrected chi connectivity index (χ1v) is 5.68. The van der Waals surface area contributed by atoms with E-state index >= 15 is 0 Å². The molecule has 0 spiro atoms. The third kappa shape index (κ3) is 1.95. The van der Waals surface area contributed by atoms with Gasteiger partial charge in [0.25, 0.3) is 0 Å². The Labute approximate surface area is 95.3 Å². The lowest BCUT2D eigenvalue weighted by Crippen LogP contribution is -2.32. The molecule has 3 heteroatoms. The summed E-state index contributed by atoms with van der Waals surface area (Å²) < 4.78 is 0. The van der Waals surface area contributed by atoms with Crippen LogP contribution in [0.2, 0.25) is 0 Å². The van der Waals surface area contributed by atoms with Gasteiger partial charge in [0.05, 0.1) is 0 Å². The van der Waals surface area contributed by atoms with Crippen molar-refractivity contribution in [1.29, 1.82) is 0 Å². The SMILES string of the molecule is Cc1ccc(CC(N)C(=O)O)c2c1CCC2. The van der Waals surface area contributed by atoms with Crippen molar-refractivity contribution in [3.63, 3.8) is 0 Å². The lowest BCUT2D eigenvalue weighted by Gasteiger charge is -2.13. The van der Waals surface area contributed by atoms with Crippen LogP contribution >= 0.6 is 0 Å². The van der Waals surface area contributed by atoms with Crippen molar-refractivity contribution in [2.24, 2.45) is 5.73 Å². The molecule has 0 saturated heterocycles. The molecule has 0 aliphatic heterocycles. The second-order valence-electron chi connectivity index (χ2n) is 4.50. The highest BCUT2D eigenvalue weighted by molar-refractivity contribution is 5.73. The molecule has 1 aliphatic rings. The van der Waals surface area contributed by atoms with Gasteiger partial charge in [0.1, 0.15) is 6.04 Å². The Bertz CT molecular complexity index is 426. The Kier molecular flexibility index (Phi) is 2.97. The van der Waals surface area contributed by atoms with Gasteiger partial charge < -0.3 is 10.8 Å². The van der Waals surface area contributed by atoms with E-state index in [0.717, 1.165) is 18.4 Å². The minimum atomic E-state index is -0.924. The average molecular weight is 219 g/mol. The molecule has 1 aliphatic carbocycles. The highest BCUT2D eigenvalue weighted by Gasteiger charge is 2.20. The van der Waals surface area contributed by atoms with Gasteiger partial charge in [-0.2, -0.15) is 0 Å². The molecule has 1 unspecified atom stereocenters. The number of aliphatic carboxylic acids is 1. The van der Waals surface area contributed by atoms with E-state index < -0.39 is 12.0 Å². The van der Waals surface area contributed by atoms with Crippen LogP contribution in [0.25, 0.3) is 0 Å². The second-order valence-corrected chi connectivity index (χ2v) is 4.50. The minimum Gasteiger partial charge on any atom is -0.480 e. The molecule has 1 atom stereocenters. The van der Waals surface area contributed by atoms with E-state index in [1.54, 1.807) is 0 Å². The summed E-state index contributed by atoms with van der Waals surface area (Å²) in [5.74, 6) is -0.924. The van der Waals surface area contributed by atoms with Crippen LogP contribution in [0, 0.1) is 6.92 Å². The molecule has 86 valence electrons. The third-order valence-corrected chi connectivity index (χ3v) is 3.37. The lowest BCUT2D eigenvalue weighted by molar-refractivity contribution is -0.138. The first-order chi connectivity index (χ1) is 7.59. The predicted molar refractivity (Wildman–Crippen MR) is 62.5 cm³/mol. The zero-order chi connectivity index (χ0) is 11.7. The summed E-state index contributed by atoms with van der Waals surface area (Å²) in [5.41, 5.74) is 10.8. The van der Waals surface area contributed by atoms with E-state index in [4.69, 9.17) is 10.8 Å². The van der Waals surface area contributed by atoms with Gasteiger partial charge in [-0.3, -0.25) is 4.79 Å². The Morgan fingerprint density at radius 1 is 1.44 bits per heavy atom. The van der Waals surface area contributed by atoms with Gasteiger partial charge in [-0.05, 0) is 54.9 Å². The van der Waals surface area contributed by atoms with Crippen LogP contribution in [0.1, 0.15) is 28.7 Å². The van der Waals surface area contributed by atoms with Crippen molar-refractivity contribution in [3.8, 4) is 0 Å². The third-order valence-electron chi connectivity index (χ3n) is 3.37. The van der Waals surface area contributed by atoms with Crippen LogP contribution in [0.5, 0.6) is 0 Å². The molecule has 0 amide bonds. The molecule has 0 heterocycles. The molecular formula is C13H17NO2. The monoisotopic (exact) mass is 219 g/mol. The number of fused-ring (bicyclic) bond motifs is 1. The van der Waals surface area contributed by atoms with Crippen molar-refractivity contribution in [1.82, 2.24) is 0 Å². The highest BCUT2D eigenvalue weighted by Crippen LogP contribution is 2.28. The second kappa shape index (κ2) is 4.26. The van der Waals surface area contributed by atoms with E-state index in [2.05, 4.69) is 13.0 Å². The van der Waals surface area contributed by atoms with Crippen LogP contribution < -0.4 is 5.73 Å². The van der Waals surface area contributed by atoms with Gasteiger partial charge in [-0.15, -0.1) is 0 Å².